The van der Waals surface area contributed by atoms with Crippen molar-refractivity contribution in [3.63, 3.8) is 0 Å². The fraction of sp³-hybridized carbons (Fsp3) is 0.750. The van der Waals surface area contributed by atoms with Crippen molar-refractivity contribution in [1.29, 1.82) is 0 Å². The summed E-state index contributed by atoms with van der Waals surface area (Å²) >= 11 is 0. The fourth-order valence-corrected chi connectivity index (χ4v) is 1.29. The van der Waals surface area contributed by atoms with Crippen LogP contribution in [0.5, 0.6) is 0 Å². The lowest BCUT2D eigenvalue weighted by molar-refractivity contribution is -0.141. The average Bonchev–Trinajstić information content (AvgIpc) is 2.23. The van der Waals surface area contributed by atoms with E-state index in [0.29, 0.717) is 6.54 Å². The van der Waals surface area contributed by atoms with E-state index in [1.807, 2.05) is 13.8 Å². The lowest BCUT2D eigenvalue weighted by Gasteiger charge is -2.21. The summed E-state index contributed by atoms with van der Waals surface area (Å²) in [6.07, 6.45) is 0. The molecular formula is C12H22N2O3. The lowest BCUT2D eigenvalue weighted by atomic mass is 10.0. The summed E-state index contributed by atoms with van der Waals surface area (Å²) in [5.41, 5.74) is 0. The monoisotopic (exact) mass is 242 g/mol. The number of Topliss-reactive ketones (excluding diaryl/α,β-unsaturated/α-hetero) is 1. The van der Waals surface area contributed by atoms with Crippen molar-refractivity contribution in [1.82, 2.24) is 10.6 Å². The van der Waals surface area contributed by atoms with Crippen LogP contribution in [-0.2, 0) is 14.4 Å². The number of likely N-dealkylation sites (N-methyl/N-ethyl adjacent to an activating group) is 1. The number of ketones is 1. The molecule has 1 atom stereocenters. The predicted molar refractivity (Wildman–Crippen MR) is 65.3 cm³/mol. The zero-order valence-electron chi connectivity index (χ0n) is 11.2. The maximum Gasteiger partial charge on any atom is 0.288 e. The Kier molecular flexibility index (Phi) is 6.46. The molecule has 5 heteroatoms. The van der Waals surface area contributed by atoms with Crippen LogP contribution in [0.3, 0.4) is 0 Å². The SMILES string of the molecule is CCNC(=O)[C@@H](NC(=O)C(=O)C(C)C)C(C)C. The van der Waals surface area contributed by atoms with E-state index in [4.69, 9.17) is 0 Å². The third kappa shape index (κ3) is 4.97. The van der Waals surface area contributed by atoms with E-state index in [1.165, 1.54) is 0 Å². The maximum atomic E-state index is 11.7. The third-order valence-corrected chi connectivity index (χ3v) is 2.33. The van der Waals surface area contributed by atoms with Crippen molar-refractivity contribution >= 4 is 17.6 Å². The maximum absolute atomic E-state index is 11.7. The van der Waals surface area contributed by atoms with Crippen LogP contribution in [0.1, 0.15) is 34.6 Å². The summed E-state index contributed by atoms with van der Waals surface area (Å²) < 4.78 is 0. The number of carbonyl (C=O) groups excluding carboxylic acids is 3. The Balaban J connectivity index is 4.61. The lowest BCUT2D eigenvalue weighted by Crippen LogP contribution is -2.51. The molecular weight excluding hydrogens is 220 g/mol. The van der Waals surface area contributed by atoms with E-state index in [0.717, 1.165) is 0 Å². The third-order valence-electron chi connectivity index (χ3n) is 2.33. The van der Waals surface area contributed by atoms with E-state index in [-0.39, 0.29) is 17.7 Å². The normalized spacial score (nSPS) is 12.4. The van der Waals surface area contributed by atoms with Crippen LogP contribution in [-0.4, -0.2) is 30.2 Å². The summed E-state index contributed by atoms with van der Waals surface area (Å²) in [7, 11) is 0. The molecule has 0 aromatic heterocycles. The van der Waals surface area contributed by atoms with Gasteiger partial charge in [0.05, 0.1) is 0 Å². The standard InChI is InChI=1S/C12H22N2O3/c1-6-13-11(16)9(7(2)3)14-12(17)10(15)8(4)5/h7-9H,6H2,1-5H3,(H,13,16)(H,14,17)/t9-/m0/s1. The van der Waals surface area contributed by atoms with Gasteiger partial charge in [0.15, 0.2) is 0 Å². The molecule has 0 radical (unpaired) electrons. The number of amides is 2. The van der Waals surface area contributed by atoms with Crippen molar-refractivity contribution in [2.24, 2.45) is 11.8 Å². The Morgan fingerprint density at radius 2 is 1.59 bits per heavy atom. The Labute approximate surface area is 102 Å². The number of rotatable bonds is 6. The van der Waals surface area contributed by atoms with Crippen LogP contribution in [0, 0.1) is 11.8 Å². The van der Waals surface area contributed by atoms with Gasteiger partial charge >= 0.3 is 0 Å². The number of nitrogens with one attached hydrogen (secondary N) is 2. The summed E-state index contributed by atoms with van der Waals surface area (Å²) in [6, 6.07) is -0.662. The minimum Gasteiger partial charge on any atom is -0.355 e. The summed E-state index contributed by atoms with van der Waals surface area (Å²) in [5, 5.41) is 5.12. The zero-order chi connectivity index (χ0) is 13.6. The molecule has 2 N–H and O–H groups in total. The van der Waals surface area contributed by atoms with Crippen LogP contribution >= 0.6 is 0 Å². The van der Waals surface area contributed by atoms with Gasteiger partial charge in [-0.15, -0.1) is 0 Å². The molecule has 0 aromatic carbocycles. The molecule has 0 aliphatic carbocycles. The van der Waals surface area contributed by atoms with Crippen LogP contribution in [0.15, 0.2) is 0 Å². The molecule has 2 amide bonds. The average molecular weight is 242 g/mol. The Morgan fingerprint density at radius 3 is 1.94 bits per heavy atom. The van der Waals surface area contributed by atoms with Gasteiger partial charge in [-0.05, 0) is 12.8 Å². The fourth-order valence-electron chi connectivity index (χ4n) is 1.29. The highest BCUT2D eigenvalue weighted by Gasteiger charge is 2.27. The second kappa shape index (κ2) is 7.04. The van der Waals surface area contributed by atoms with Gasteiger partial charge in [0.25, 0.3) is 5.91 Å². The van der Waals surface area contributed by atoms with E-state index >= 15 is 0 Å². The van der Waals surface area contributed by atoms with Crippen LogP contribution in [0.25, 0.3) is 0 Å². The molecule has 0 aliphatic rings. The first-order valence-corrected chi connectivity index (χ1v) is 5.93. The highest BCUT2D eigenvalue weighted by molar-refractivity contribution is 6.37. The Morgan fingerprint density at radius 1 is 1.06 bits per heavy atom. The van der Waals surface area contributed by atoms with E-state index in [9.17, 15) is 14.4 Å². The molecule has 0 heterocycles. The first kappa shape index (κ1) is 15.6. The Hall–Kier alpha value is -1.39. The molecule has 0 fully saturated rings. The van der Waals surface area contributed by atoms with Crippen LogP contribution in [0.2, 0.25) is 0 Å². The van der Waals surface area contributed by atoms with Crippen molar-refractivity contribution in [3.05, 3.63) is 0 Å². The highest BCUT2D eigenvalue weighted by atomic mass is 16.2. The van der Waals surface area contributed by atoms with Gasteiger partial charge in [-0.25, -0.2) is 0 Å². The van der Waals surface area contributed by atoms with Gasteiger partial charge in [0, 0.05) is 12.5 Å². The van der Waals surface area contributed by atoms with Crippen molar-refractivity contribution in [2.45, 2.75) is 40.7 Å². The molecule has 0 saturated carbocycles. The predicted octanol–water partition coefficient (Wildman–Crippen LogP) is 0.488. The zero-order valence-corrected chi connectivity index (χ0v) is 11.2. The van der Waals surface area contributed by atoms with Crippen LogP contribution < -0.4 is 10.6 Å². The Bertz CT molecular complexity index is 298. The second-order valence-electron chi connectivity index (χ2n) is 4.61. The van der Waals surface area contributed by atoms with Crippen molar-refractivity contribution < 1.29 is 14.4 Å². The molecule has 0 aromatic rings. The second-order valence-corrected chi connectivity index (χ2v) is 4.61. The molecule has 0 bridgehead atoms. The summed E-state index contributed by atoms with van der Waals surface area (Å²) in [5.74, 6) is -1.88. The van der Waals surface area contributed by atoms with Crippen molar-refractivity contribution in [3.8, 4) is 0 Å². The summed E-state index contributed by atoms with van der Waals surface area (Å²) in [4.78, 5) is 34.7. The summed E-state index contributed by atoms with van der Waals surface area (Å²) in [6.45, 7) is 9.24. The number of carbonyl (C=O) groups is 3. The van der Waals surface area contributed by atoms with E-state index in [1.54, 1.807) is 20.8 Å². The largest absolute Gasteiger partial charge is 0.355 e. The van der Waals surface area contributed by atoms with E-state index < -0.39 is 17.7 Å². The van der Waals surface area contributed by atoms with Gasteiger partial charge in [-0.1, -0.05) is 27.7 Å². The number of hydrogen-bond acceptors (Lipinski definition) is 3. The van der Waals surface area contributed by atoms with Crippen molar-refractivity contribution in [2.75, 3.05) is 6.54 Å². The van der Waals surface area contributed by atoms with Gasteiger partial charge in [-0.3, -0.25) is 14.4 Å². The molecule has 98 valence electrons. The van der Waals surface area contributed by atoms with E-state index in [2.05, 4.69) is 10.6 Å². The molecule has 0 unspecified atom stereocenters. The minimum atomic E-state index is -0.690. The smallest absolute Gasteiger partial charge is 0.288 e. The van der Waals surface area contributed by atoms with Gasteiger partial charge in [0.2, 0.25) is 11.7 Å². The number of hydrogen-bond donors (Lipinski definition) is 2. The molecule has 5 nitrogen and oxygen atoms in total. The molecule has 0 rings (SSSR count). The molecule has 0 aliphatic heterocycles. The topological polar surface area (TPSA) is 75.3 Å². The molecule has 0 saturated heterocycles. The quantitative estimate of drug-likeness (QED) is 0.666. The van der Waals surface area contributed by atoms with Gasteiger partial charge < -0.3 is 10.6 Å². The van der Waals surface area contributed by atoms with Gasteiger partial charge in [0.1, 0.15) is 6.04 Å². The first-order valence-electron chi connectivity index (χ1n) is 5.93. The first-order chi connectivity index (χ1) is 7.81. The minimum absolute atomic E-state index is 0.0644. The van der Waals surface area contributed by atoms with Gasteiger partial charge in [-0.2, -0.15) is 0 Å². The molecule has 0 spiro atoms. The van der Waals surface area contributed by atoms with Crippen LogP contribution in [0.4, 0.5) is 0 Å². The molecule has 17 heavy (non-hydrogen) atoms. The highest BCUT2D eigenvalue weighted by Crippen LogP contribution is 2.03.